The molecule has 2 aliphatic heterocycles. The highest BCUT2D eigenvalue weighted by atomic mass is 16.2. The molecule has 2 saturated heterocycles. The van der Waals surface area contributed by atoms with Crippen molar-refractivity contribution in [2.75, 3.05) is 32.7 Å². The van der Waals surface area contributed by atoms with Gasteiger partial charge in [0.05, 0.1) is 0 Å². The van der Waals surface area contributed by atoms with Gasteiger partial charge in [0.25, 0.3) is 0 Å². The molecule has 0 atom stereocenters. The molecule has 1 saturated carbocycles. The molecule has 132 valence electrons. The second-order valence-electron chi connectivity index (χ2n) is 7.72. The molecule has 23 heavy (non-hydrogen) atoms. The molecular weight excluding hydrogens is 288 g/mol. The third-order valence-corrected chi connectivity index (χ3v) is 5.84. The molecule has 0 aromatic carbocycles. The second kappa shape index (κ2) is 8.88. The van der Waals surface area contributed by atoms with Crippen LogP contribution in [0.15, 0.2) is 0 Å². The summed E-state index contributed by atoms with van der Waals surface area (Å²) >= 11 is 0. The van der Waals surface area contributed by atoms with Gasteiger partial charge in [0.15, 0.2) is 0 Å². The van der Waals surface area contributed by atoms with E-state index < -0.39 is 0 Å². The number of piperidine rings is 2. The van der Waals surface area contributed by atoms with Crippen molar-refractivity contribution < 1.29 is 4.79 Å². The van der Waals surface area contributed by atoms with E-state index in [0.29, 0.717) is 12.1 Å². The first-order valence-electron chi connectivity index (χ1n) is 9.80. The van der Waals surface area contributed by atoms with Gasteiger partial charge in [-0.15, -0.1) is 0 Å². The lowest BCUT2D eigenvalue weighted by Crippen LogP contribution is -2.51. The molecule has 3 aliphatic rings. The maximum atomic E-state index is 12.1. The van der Waals surface area contributed by atoms with Gasteiger partial charge in [0.1, 0.15) is 0 Å². The summed E-state index contributed by atoms with van der Waals surface area (Å²) < 4.78 is 0. The van der Waals surface area contributed by atoms with Crippen molar-refractivity contribution in [2.24, 2.45) is 5.92 Å². The summed E-state index contributed by atoms with van der Waals surface area (Å²) in [6.07, 6.45) is 11.0. The number of carbonyl (C=O) groups is 1. The number of nitrogens with zero attached hydrogens (tertiary/aromatic N) is 1. The molecule has 3 N–H and O–H groups in total. The van der Waals surface area contributed by atoms with E-state index in [1.807, 2.05) is 0 Å². The van der Waals surface area contributed by atoms with Gasteiger partial charge in [0.2, 0.25) is 0 Å². The van der Waals surface area contributed by atoms with Crippen LogP contribution in [0.2, 0.25) is 0 Å². The Hall–Kier alpha value is -0.810. The fourth-order valence-corrected chi connectivity index (χ4v) is 4.35. The monoisotopic (exact) mass is 322 g/mol. The molecule has 3 fully saturated rings. The largest absolute Gasteiger partial charge is 0.335 e. The average molecular weight is 322 g/mol. The highest BCUT2D eigenvalue weighted by molar-refractivity contribution is 5.74. The average Bonchev–Trinajstić information content (AvgIpc) is 2.58. The molecule has 0 aromatic heterocycles. The van der Waals surface area contributed by atoms with E-state index in [1.165, 1.54) is 51.7 Å². The van der Waals surface area contributed by atoms with Crippen molar-refractivity contribution in [1.29, 1.82) is 0 Å². The van der Waals surface area contributed by atoms with E-state index in [4.69, 9.17) is 0 Å². The van der Waals surface area contributed by atoms with E-state index in [2.05, 4.69) is 20.9 Å². The number of likely N-dealkylation sites (tertiary alicyclic amines) is 1. The number of nitrogens with one attached hydrogen (secondary N) is 3. The maximum Gasteiger partial charge on any atom is 0.315 e. The Kier molecular flexibility index (Phi) is 6.57. The Balaban J connectivity index is 1.31. The van der Waals surface area contributed by atoms with Crippen molar-refractivity contribution in [3.8, 4) is 0 Å². The lowest BCUT2D eigenvalue weighted by atomic mass is 9.95. The van der Waals surface area contributed by atoms with Crippen molar-refractivity contribution in [3.05, 3.63) is 0 Å². The molecular formula is C18H34N4O. The van der Waals surface area contributed by atoms with Gasteiger partial charge in [0, 0.05) is 31.7 Å². The molecule has 5 nitrogen and oxygen atoms in total. The van der Waals surface area contributed by atoms with E-state index in [0.717, 1.165) is 44.7 Å². The van der Waals surface area contributed by atoms with Crippen molar-refractivity contribution in [1.82, 2.24) is 20.9 Å². The molecule has 3 rings (SSSR count). The van der Waals surface area contributed by atoms with Gasteiger partial charge in [-0.3, -0.25) is 0 Å². The summed E-state index contributed by atoms with van der Waals surface area (Å²) in [7, 11) is 0. The van der Waals surface area contributed by atoms with Gasteiger partial charge in [-0.1, -0.05) is 19.3 Å². The molecule has 0 spiro atoms. The summed E-state index contributed by atoms with van der Waals surface area (Å²) in [5.74, 6) is 0.871. The predicted octanol–water partition coefficient (Wildman–Crippen LogP) is 2.08. The molecule has 0 bridgehead atoms. The van der Waals surface area contributed by atoms with Crippen LogP contribution in [0.5, 0.6) is 0 Å². The normalized spacial score (nSPS) is 26.1. The Morgan fingerprint density at radius 1 is 0.870 bits per heavy atom. The van der Waals surface area contributed by atoms with Crippen LogP contribution in [0.25, 0.3) is 0 Å². The first-order chi connectivity index (χ1) is 11.3. The van der Waals surface area contributed by atoms with Crippen LogP contribution in [0.3, 0.4) is 0 Å². The summed E-state index contributed by atoms with van der Waals surface area (Å²) in [5.41, 5.74) is 0. The number of amides is 2. The van der Waals surface area contributed by atoms with Gasteiger partial charge < -0.3 is 20.9 Å². The maximum absolute atomic E-state index is 12.1. The first-order valence-corrected chi connectivity index (χ1v) is 9.80. The molecule has 1 aliphatic carbocycles. The van der Waals surface area contributed by atoms with E-state index in [-0.39, 0.29) is 6.03 Å². The molecule has 0 radical (unpaired) electrons. The smallest absolute Gasteiger partial charge is 0.315 e. The Bertz CT molecular complexity index is 356. The molecule has 2 amide bonds. The fourth-order valence-electron chi connectivity index (χ4n) is 4.35. The molecule has 0 unspecified atom stereocenters. The quantitative estimate of drug-likeness (QED) is 0.743. The topological polar surface area (TPSA) is 56.4 Å². The zero-order valence-electron chi connectivity index (χ0n) is 14.5. The van der Waals surface area contributed by atoms with Gasteiger partial charge >= 0.3 is 6.03 Å². The number of rotatable bonds is 4. The highest BCUT2D eigenvalue weighted by Crippen LogP contribution is 2.19. The Morgan fingerprint density at radius 2 is 1.48 bits per heavy atom. The zero-order chi connectivity index (χ0) is 15.9. The Morgan fingerprint density at radius 3 is 2.13 bits per heavy atom. The van der Waals surface area contributed by atoms with Gasteiger partial charge in [-0.2, -0.15) is 0 Å². The van der Waals surface area contributed by atoms with Crippen LogP contribution in [-0.2, 0) is 0 Å². The summed E-state index contributed by atoms with van der Waals surface area (Å²) in [5, 5.41) is 9.82. The molecule has 0 aromatic rings. The van der Waals surface area contributed by atoms with E-state index in [1.54, 1.807) is 0 Å². The van der Waals surface area contributed by atoms with Crippen molar-refractivity contribution in [3.63, 3.8) is 0 Å². The van der Waals surface area contributed by atoms with E-state index >= 15 is 0 Å². The molecule has 2 heterocycles. The molecule has 5 heteroatoms. The van der Waals surface area contributed by atoms with Crippen molar-refractivity contribution in [2.45, 2.75) is 69.9 Å². The minimum absolute atomic E-state index is 0.0636. The zero-order valence-corrected chi connectivity index (χ0v) is 14.5. The van der Waals surface area contributed by atoms with Crippen molar-refractivity contribution >= 4 is 6.03 Å². The summed E-state index contributed by atoms with van der Waals surface area (Å²) in [4.78, 5) is 14.7. The lowest BCUT2D eigenvalue weighted by Gasteiger charge is -2.36. The first kappa shape index (κ1) is 17.0. The highest BCUT2D eigenvalue weighted by Gasteiger charge is 2.24. The van der Waals surface area contributed by atoms with Crippen LogP contribution in [0.4, 0.5) is 4.79 Å². The van der Waals surface area contributed by atoms with Crippen LogP contribution in [-0.4, -0.2) is 55.7 Å². The van der Waals surface area contributed by atoms with Crippen LogP contribution >= 0.6 is 0 Å². The number of hydrogen-bond donors (Lipinski definition) is 3. The van der Waals surface area contributed by atoms with Gasteiger partial charge in [-0.05, 0) is 57.5 Å². The number of urea groups is 1. The standard InChI is InChI=1S/C18H34N4O/c23-18(20-16-4-2-1-3-5-16)21-17-8-12-22(13-9-17)14-15-6-10-19-11-7-15/h15-17,19H,1-14H2,(H2,20,21,23). The minimum atomic E-state index is 0.0636. The number of hydrogen-bond acceptors (Lipinski definition) is 3. The summed E-state index contributed by atoms with van der Waals surface area (Å²) in [6, 6.07) is 0.834. The Labute approximate surface area is 140 Å². The predicted molar refractivity (Wildman–Crippen MR) is 93.6 cm³/mol. The second-order valence-corrected chi connectivity index (χ2v) is 7.72. The van der Waals surface area contributed by atoms with E-state index in [9.17, 15) is 4.79 Å². The fraction of sp³-hybridized carbons (Fsp3) is 0.944. The summed E-state index contributed by atoms with van der Waals surface area (Å²) in [6.45, 7) is 5.90. The lowest BCUT2D eigenvalue weighted by molar-refractivity contribution is 0.157. The van der Waals surface area contributed by atoms with Crippen LogP contribution in [0.1, 0.15) is 57.8 Å². The van der Waals surface area contributed by atoms with Crippen LogP contribution in [0, 0.1) is 5.92 Å². The van der Waals surface area contributed by atoms with Gasteiger partial charge in [-0.25, -0.2) is 4.79 Å². The number of carbonyl (C=O) groups excluding carboxylic acids is 1. The van der Waals surface area contributed by atoms with Crippen LogP contribution < -0.4 is 16.0 Å². The third kappa shape index (κ3) is 5.64. The minimum Gasteiger partial charge on any atom is -0.335 e. The SMILES string of the molecule is O=C(NC1CCCCC1)NC1CCN(CC2CCNCC2)CC1. The third-order valence-electron chi connectivity index (χ3n) is 5.84.